The maximum atomic E-state index is 6.41. The topological polar surface area (TPSA) is 32.5 Å². The molecule has 2 aromatic carbocycles. The van der Waals surface area contributed by atoms with Gasteiger partial charge in [0.05, 0.1) is 11.4 Å². The summed E-state index contributed by atoms with van der Waals surface area (Å²) in [4.78, 5) is 9.13. The van der Waals surface area contributed by atoms with Gasteiger partial charge in [-0.2, -0.15) is 0 Å². The standard InChI is InChI=1S/C23H23N3O/c1-13-6-7-14(2)20(12-13)26-16(4)25(5)19-9-8-17-18-10-11-24-15(3)22(18)27-23(17)21(19)26/h6-12,16H,1-5H3/t16-/m0/s1. The lowest BCUT2D eigenvalue weighted by Crippen LogP contribution is -2.36. The van der Waals surface area contributed by atoms with Gasteiger partial charge in [0.2, 0.25) is 0 Å². The third-order valence-corrected chi connectivity index (χ3v) is 5.87. The van der Waals surface area contributed by atoms with Crippen LogP contribution in [0.2, 0.25) is 0 Å². The van der Waals surface area contributed by atoms with Crippen molar-refractivity contribution in [1.82, 2.24) is 4.98 Å². The number of hydrogen-bond acceptors (Lipinski definition) is 4. The van der Waals surface area contributed by atoms with Crippen LogP contribution in [0.25, 0.3) is 21.9 Å². The Morgan fingerprint density at radius 2 is 1.70 bits per heavy atom. The highest BCUT2D eigenvalue weighted by molar-refractivity contribution is 6.13. The molecule has 0 spiro atoms. The van der Waals surface area contributed by atoms with Crippen molar-refractivity contribution in [2.45, 2.75) is 33.9 Å². The Morgan fingerprint density at radius 1 is 0.926 bits per heavy atom. The highest BCUT2D eigenvalue weighted by atomic mass is 16.3. The van der Waals surface area contributed by atoms with E-state index in [-0.39, 0.29) is 6.17 Å². The molecule has 4 heteroatoms. The summed E-state index contributed by atoms with van der Waals surface area (Å²) in [7, 11) is 2.15. The van der Waals surface area contributed by atoms with Gasteiger partial charge in [0.1, 0.15) is 11.9 Å². The summed E-state index contributed by atoms with van der Waals surface area (Å²) in [5.41, 5.74) is 8.84. The molecule has 0 saturated carbocycles. The maximum absolute atomic E-state index is 6.41. The lowest BCUT2D eigenvalue weighted by Gasteiger charge is -2.29. The SMILES string of the molecule is Cc1ccc(C)c(N2c3c(ccc4c3oc3c(C)nccc34)N(C)[C@@H]2C)c1. The van der Waals surface area contributed by atoms with Crippen LogP contribution in [0.15, 0.2) is 47.0 Å². The first kappa shape index (κ1) is 16.2. The fourth-order valence-electron chi connectivity index (χ4n) is 4.25. The van der Waals surface area contributed by atoms with Crippen molar-refractivity contribution in [3.05, 3.63) is 59.4 Å². The van der Waals surface area contributed by atoms with Crippen LogP contribution in [0.3, 0.4) is 0 Å². The van der Waals surface area contributed by atoms with Crippen LogP contribution in [-0.2, 0) is 0 Å². The number of fused-ring (bicyclic) bond motifs is 5. The molecular formula is C23H23N3O. The van der Waals surface area contributed by atoms with Gasteiger partial charge < -0.3 is 14.2 Å². The minimum Gasteiger partial charge on any atom is -0.452 e. The number of rotatable bonds is 1. The molecule has 0 fully saturated rings. The fourth-order valence-corrected chi connectivity index (χ4v) is 4.25. The van der Waals surface area contributed by atoms with Crippen molar-refractivity contribution in [2.75, 3.05) is 16.8 Å². The number of nitrogens with zero attached hydrogens (tertiary/aromatic N) is 3. The van der Waals surface area contributed by atoms with E-state index in [4.69, 9.17) is 4.42 Å². The van der Waals surface area contributed by atoms with Gasteiger partial charge in [-0.25, -0.2) is 0 Å². The molecule has 5 rings (SSSR count). The Bertz CT molecular complexity index is 1210. The zero-order valence-electron chi connectivity index (χ0n) is 16.4. The van der Waals surface area contributed by atoms with Gasteiger partial charge in [-0.1, -0.05) is 12.1 Å². The monoisotopic (exact) mass is 357 g/mol. The summed E-state index contributed by atoms with van der Waals surface area (Å²) in [6.45, 7) is 8.56. The van der Waals surface area contributed by atoms with E-state index in [1.807, 2.05) is 19.2 Å². The highest BCUT2D eigenvalue weighted by Gasteiger charge is 2.35. The lowest BCUT2D eigenvalue weighted by molar-refractivity contribution is 0.660. The van der Waals surface area contributed by atoms with Crippen LogP contribution < -0.4 is 9.80 Å². The Kier molecular flexibility index (Phi) is 3.29. The van der Waals surface area contributed by atoms with Crippen LogP contribution in [0.5, 0.6) is 0 Å². The molecule has 0 saturated heterocycles. The number of hydrogen-bond donors (Lipinski definition) is 0. The second-order valence-corrected chi connectivity index (χ2v) is 7.59. The van der Waals surface area contributed by atoms with Crippen molar-refractivity contribution in [3.8, 4) is 0 Å². The van der Waals surface area contributed by atoms with E-state index in [9.17, 15) is 0 Å². The quantitative estimate of drug-likeness (QED) is 0.428. The maximum Gasteiger partial charge on any atom is 0.161 e. The van der Waals surface area contributed by atoms with Crippen LogP contribution in [0, 0.1) is 20.8 Å². The van der Waals surface area contributed by atoms with Crippen molar-refractivity contribution in [3.63, 3.8) is 0 Å². The van der Waals surface area contributed by atoms with E-state index >= 15 is 0 Å². The normalized spacial score (nSPS) is 16.6. The summed E-state index contributed by atoms with van der Waals surface area (Å²) >= 11 is 0. The fraction of sp³-hybridized carbons (Fsp3) is 0.261. The van der Waals surface area contributed by atoms with Gasteiger partial charge in [0.15, 0.2) is 11.2 Å². The van der Waals surface area contributed by atoms with Gasteiger partial charge in [0.25, 0.3) is 0 Å². The first-order valence-electron chi connectivity index (χ1n) is 9.37. The van der Waals surface area contributed by atoms with Gasteiger partial charge >= 0.3 is 0 Å². The van der Waals surface area contributed by atoms with E-state index < -0.39 is 0 Å². The van der Waals surface area contributed by atoms with Crippen molar-refractivity contribution in [2.24, 2.45) is 0 Å². The Morgan fingerprint density at radius 3 is 2.52 bits per heavy atom. The molecular weight excluding hydrogens is 334 g/mol. The minimum absolute atomic E-state index is 0.207. The second kappa shape index (κ2) is 5.49. The molecule has 0 radical (unpaired) electrons. The smallest absolute Gasteiger partial charge is 0.161 e. The van der Waals surface area contributed by atoms with Crippen molar-refractivity contribution < 1.29 is 4.42 Å². The van der Waals surface area contributed by atoms with E-state index in [2.05, 4.69) is 72.9 Å². The molecule has 1 aliphatic rings. The van der Waals surface area contributed by atoms with Crippen LogP contribution >= 0.6 is 0 Å². The number of furan rings is 1. The summed E-state index contributed by atoms with van der Waals surface area (Å²) in [6, 6.07) is 13.1. The third-order valence-electron chi connectivity index (χ3n) is 5.87. The molecule has 1 atom stereocenters. The zero-order chi connectivity index (χ0) is 18.9. The Balaban J connectivity index is 1.88. The molecule has 0 bridgehead atoms. The highest BCUT2D eigenvalue weighted by Crippen LogP contribution is 2.50. The number of pyridine rings is 1. The van der Waals surface area contributed by atoms with E-state index in [1.54, 1.807) is 0 Å². The van der Waals surface area contributed by atoms with Crippen molar-refractivity contribution in [1.29, 1.82) is 0 Å². The van der Waals surface area contributed by atoms with Crippen LogP contribution in [0.1, 0.15) is 23.7 Å². The molecule has 0 unspecified atom stereocenters. The second-order valence-electron chi connectivity index (χ2n) is 7.59. The third kappa shape index (κ3) is 2.13. The molecule has 4 aromatic rings. The molecule has 0 amide bonds. The molecule has 2 aromatic heterocycles. The molecule has 136 valence electrons. The number of aryl methyl sites for hydroxylation is 3. The van der Waals surface area contributed by atoms with Gasteiger partial charge in [0, 0.05) is 29.7 Å². The van der Waals surface area contributed by atoms with Crippen LogP contribution in [0.4, 0.5) is 17.1 Å². The van der Waals surface area contributed by atoms with E-state index in [1.165, 1.54) is 22.5 Å². The number of benzene rings is 2. The molecule has 4 nitrogen and oxygen atoms in total. The number of anilines is 3. The Hall–Kier alpha value is -3.01. The predicted molar refractivity (Wildman–Crippen MR) is 112 cm³/mol. The molecule has 27 heavy (non-hydrogen) atoms. The largest absolute Gasteiger partial charge is 0.452 e. The minimum atomic E-state index is 0.207. The zero-order valence-corrected chi connectivity index (χ0v) is 16.4. The summed E-state index contributed by atoms with van der Waals surface area (Å²) in [6.07, 6.45) is 2.07. The van der Waals surface area contributed by atoms with Gasteiger partial charge in [-0.05, 0) is 63.1 Å². The molecule has 0 N–H and O–H groups in total. The van der Waals surface area contributed by atoms with Gasteiger partial charge in [-0.15, -0.1) is 0 Å². The predicted octanol–water partition coefficient (Wildman–Crippen LogP) is 5.84. The average molecular weight is 357 g/mol. The van der Waals surface area contributed by atoms with E-state index in [0.717, 1.165) is 33.3 Å². The molecule has 1 aliphatic heterocycles. The van der Waals surface area contributed by atoms with Crippen molar-refractivity contribution >= 4 is 39.0 Å². The summed E-state index contributed by atoms with van der Waals surface area (Å²) in [5, 5.41) is 2.27. The lowest BCUT2D eigenvalue weighted by atomic mass is 10.1. The summed E-state index contributed by atoms with van der Waals surface area (Å²) < 4.78 is 6.41. The van der Waals surface area contributed by atoms with E-state index in [0.29, 0.717) is 0 Å². The average Bonchev–Trinajstić information content (AvgIpc) is 3.15. The summed E-state index contributed by atoms with van der Waals surface area (Å²) in [5.74, 6) is 0. The van der Waals surface area contributed by atoms with Gasteiger partial charge in [-0.3, -0.25) is 4.98 Å². The van der Waals surface area contributed by atoms with Crippen LogP contribution in [-0.4, -0.2) is 18.2 Å². The first-order chi connectivity index (χ1) is 13.0. The molecule has 3 heterocycles. The molecule has 0 aliphatic carbocycles. The Labute approximate surface area is 159 Å². The first-order valence-corrected chi connectivity index (χ1v) is 9.37. The number of aromatic nitrogens is 1.